The molecule has 51 heavy (non-hydrogen) atoms. The topological polar surface area (TPSA) is 102 Å². The van der Waals surface area contributed by atoms with E-state index in [4.69, 9.17) is 14.2 Å². The summed E-state index contributed by atoms with van der Waals surface area (Å²) in [5.74, 6) is 0.615. The molecule has 6 rings (SSSR count). The molecule has 1 aliphatic carbocycles. The average molecular weight is 699 g/mol. The first-order chi connectivity index (χ1) is 24.2. The van der Waals surface area contributed by atoms with Gasteiger partial charge in [-0.15, -0.1) is 0 Å². The smallest absolute Gasteiger partial charge is 0.410 e. The number of esters is 1. The molecule has 2 fully saturated rings. The maximum Gasteiger partial charge on any atom is 0.410 e. The van der Waals surface area contributed by atoms with Gasteiger partial charge in [0.1, 0.15) is 17.0 Å². The van der Waals surface area contributed by atoms with Crippen molar-refractivity contribution < 1.29 is 28.6 Å². The third-order valence-electron chi connectivity index (χ3n) is 9.95. The van der Waals surface area contributed by atoms with Crippen molar-refractivity contribution in [2.24, 2.45) is 0 Å². The van der Waals surface area contributed by atoms with Gasteiger partial charge in [0.25, 0.3) is 0 Å². The first-order valence-electron chi connectivity index (χ1n) is 18.5. The second kappa shape index (κ2) is 14.7. The standard InChI is InChI=1S/C41H54N4O6/c1-40(2,3)50-38(47)28-13-15-33-34(25-28)45-26-30(37(46)42-17-18-43-19-21-44(22-20-43)39(48)51-41(4,5)6)23-29-24-31(49-7)14-16-32(29)36(45)35(33)27-11-9-8-10-12-27/h13-16,23-25,27H,8-12,17-22,26H2,1-7H3,(H,42,46). The molecular formula is C41H54N4O6. The summed E-state index contributed by atoms with van der Waals surface area (Å²) in [4.78, 5) is 43.8. The Morgan fingerprint density at radius 1 is 0.863 bits per heavy atom. The monoisotopic (exact) mass is 698 g/mol. The molecule has 10 heteroatoms. The number of carbonyl (C=O) groups excluding carboxylic acids is 3. The highest BCUT2D eigenvalue weighted by atomic mass is 16.6. The minimum absolute atomic E-state index is 0.131. The Morgan fingerprint density at radius 3 is 2.24 bits per heavy atom. The summed E-state index contributed by atoms with van der Waals surface area (Å²) in [7, 11) is 1.66. The minimum Gasteiger partial charge on any atom is -0.497 e. The van der Waals surface area contributed by atoms with Crippen LogP contribution in [0.15, 0.2) is 42.0 Å². The number of hydrogen-bond acceptors (Lipinski definition) is 7. The zero-order valence-electron chi connectivity index (χ0n) is 31.4. The minimum atomic E-state index is -0.618. The molecule has 3 aromatic rings. The van der Waals surface area contributed by atoms with Gasteiger partial charge in [-0.3, -0.25) is 9.69 Å². The number of amides is 2. The van der Waals surface area contributed by atoms with Crippen LogP contribution < -0.4 is 10.1 Å². The third-order valence-corrected chi connectivity index (χ3v) is 9.95. The normalized spacial score (nSPS) is 17.2. The molecule has 0 unspecified atom stereocenters. The van der Waals surface area contributed by atoms with Gasteiger partial charge in [0.05, 0.1) is 24.9 Å². The average Bonchev–Trinajstić information content (AvgIpc) is 3.29. The predicted octanol–water partition coefficient (Wildman–Crippen LogP) is 7.39. The molecule has 1 N–H and O–H groups in total. The summed E-state index contributed by atoms with van der Waals surface area (Å²) in [5, 5.41) is 4.31. The third kappa shape index (κ3) is 8.43. The highest BCUT2D eigenvalue weighted by molar-refractivity contribution is 6.03. The summed E-state index contributed by atoms with van der Waals surface area (Å²) in [6.45, 7) is 15.4. The molecule has 274 valence electrons. The van der Waals surface area contributed by atoms with Gasteiger partial charge in [-0.1, -0.05) is 25.3 Å². The lowest BCUT2D eigenvalue weighted by molar-refractivity contribution is -0.117. The van der Waals surface area contributed by atoms with Crippen LogP contribution in [0.3, 0.4) is 0 Å². The Morgan fingerprint density at radius 2 is 1.57 bits per heavy atom. The van der Waals surface area contributed by atoms with Gasteiger partial charge in [0.2, 0.25) is 5.91 Å². The van der Waals surface area contributed by atoms with Crippen LogP contribution >= 0.6 is 0 Å². The predicted molar refractivity (Wildman–Crippen MR) is 200 cm³/mol. The SMILES string of the molecule is COc1ccc2c(c1)C=C(C(=O)NCCN1CCN(C(=O)OC(C)(C)C)CC1)Cn1c-2c(C2CCCCC2)c2ccc(C(=O)OC(C)(C)C)cc21. The van der Waals surface area contributed by atoms with Crippen molar-refractivity contribution in [2.75, 3.05) is 46.4 Å². The molecule has 0 spiro atoms. The van der Waals surface area contributed by atoms with Gasteiger partial charge in [-0.05, 0) is 108 Å². The van der Waals surface area contributed by atoms with Gasteiger partial charge >= 0.3 is 12.1 Å². The van der Waals surface area contributed by atoms with Crippen molar-refractivity contribution in [1.82, 2.24) is 19.7 Å². The highest BCUT2D eigenvalue weighted by Gasteiger charge is 2.31. The van der Waals surface area contributed by atoms with Crippen LogP contribution in [0, 0.1) is 0 Å². The molecule has 0 radical (unpaired) electrons. The first-order valence-corrected chi connectivity index (χ1v) is 18.5. The fourth-order valence-electron chi connectivity index (χ4n) is 7.56. The lowest BCUT2D eigenvalue weighted by Gasteiger charge is -2.35. The molecule has 3 heterocycles. The number of ether oxygens (including phenoxy) is 3. The molecule has 0 bridgehead atoms. The van der Waals surface area contributed by atoms with Crippen LogP contribution in [0.2, 0.25) is 0 Å². The molecule has 1 saturated carbocycles. The Balaban J connectivity index is 1.29. The number of fused-ring (bicyclic) bond motifs is 5. The van der Waals surface area contributed by atoms with Crippen LogP contribution in [-0.2, 0) is 20.8 Å². The largest absolute Gasteiger partial charge is 0.497 e. The molecule has 0 atom stereocenters. The van der Waals surface area contributed by atoms with E-state index in [-0.39, 0.29) is 18.0 Å². The summed E-state index contributed by atoms with van der Waals surface area (Å²) < 4.78 is 19.2. The van der Waals surface area contributed by atoms with E-state index < -0.39 is 11.2 Å². The quantitative estimate of drug-likeness (QED) is 0.257. The number of piperazine rings is 1. The molecule has 2 aromatic carbocycles. The summed E-state index contributed by atoms with van der Waals surface area (Å²) in [6, 6.07) is 12.0. The maximum atomic E-state index is 14.0. The molecule has 2 aliphatic heterocycles. The second-order valence-electron chi connectivity index (χ2n) is 16.1. The lowest BCUT2D eigenvalue weighted by atomic mass is 9.81. The van der Waals surface area contributed by atoms with Crippen molar-refractivity contribution in [3.63, 3.8) is 0 Å². The Labute approximate surface area is 302 Å². The van der Waals surface area contributed by atoms with E-state index in [0.717, 1.165) is 46.3 Å². The van der Waals surface area contributed by atoms with Gasteiger partial charge in [-0.25, -0.2) is 9.59 Å². The maximum absolute atomic E-state index is 14.0. The number of methoxy groups -OCH3 is 1. The fraction of sp³-hybridized carbons (Fsp3) is 0.537. The van der Waals surface area contributed by atoms with Crippen LogP contribution in [0.4, 0.5) is 4.79 Å². The van der Waals surface area contributed by atoms with Crippen molar-refractivity contribution >= 4 is 34.9 Å². The molecular weight excluding hydrogens is 644 g/mol. The van der Waals surface area contributed by atoms with Gasteiger partial charge in [0.15, 0.2) is 0 Å². The van der Waals surface area contributed by atoms with E-state index in [1.165, 1.54) is 24.8 Å². The van der Waals surface area contributed by atoms with E-state index in [9.17, 15) is 14.4 Å². The number of hydrogen-bond donors (Lipinski definition) is 1. The van der Waals surface area contributed by atoms with Gasteiger partial charge in [0, 0.05) is 61.3 Å². The summed E-state index contributed by atoms with van der Waals surface area (Å²) in [5.41, 5.74) is 5.31. The van der Waals surface area contributed by atoms with E-state index in [0.29, 0.717) is 62.9 Å². The van der Waals surface area contributed by atoms with Crippen LogP contribution in [0.1, 0.15) is 101 Å². The first kappa shape index (κ1) is 36.5. The number of nitrogens with zero attached hydrogens (tertiary/aromatic N) is 3. The summed E-state index contributed by atoms with van der Waals surface area (Å²) in [6.07, 6.45) is 7.54. The van der Waals surface area contributed by atoms with E-state index in [1.54, 1.807) is 12.0 Å². The van der Waals surface area contributed by atoms with Crippen molar-refractivity contribution in [2.45, 2.75) is 97.3 Å². The zero-order valence-corrected chi connectivity index (χ0v) is 31.4. The van der Waals surface area contributed by atoms with Crippen LogP contribution in [-0.4, -0.2) is 89.9 Å². The van der Waals surface area contributed by atoms with E-state index in [2.05, 4.69) is 26.9 Å². The Hall–Kier alpha value is -4.31. The van der Waals surface area contributed by atoms with Crippen LogP contribution in [0.25, 0.3) is 28.2 Å². The Bertz CT molecular complexity index is 1810. The van der Waals surface area contributed by atoms with Crippen molar-refractivity contribution in [1.29, 1.82) is 0 Å². The lowest BCUT2D eigenvalue weighted by Crippen LogP contribution is -2.51. The molecule has 2 amide bonds. The number of carbonyl (C=O) groups is 3. The second-order valence-corrected chi connectivity index (χ2v) is 16.1. The summed E-state index contributed by atoms with van der Waals surface area (Å²) >= 11 is 0. The van der Waals surface area contributed by atoms with Crippen molar-refractivity contribution in [3.8, 4) is 17.0 Å². The zero-order chi connectivity index (χ0) is 36.5. The number of benzene rings is 2. The van der Waals surface area contributed by atoms with Gasteiger partial charge in [-0.2, -0.15) is 0 Å². The van der Waals surface area contributed by atoms with E-state index in [1.807, 2.05) is 71.9 Å². The number of aromatic nitrogens is 1. The van der Waals surface area contributed by atoms with Crippen molar-refractivity contribution in [3.05, 3.63) is 58.7 Å². The molecule has 3 aliphatic rings. The fourth-order valence-corrected chi connectivity index (χ4v) is 7.56. The Kier molecular flexibility index (Phi) is 10.5. The van der Waals surface area contributed by atoms with Crippen LogP contribution in [0.5, 0.6) is 5.75 Å². The number of nitrogens with one attached hydrogen (secondary N) is 1. The highest BCUT2D eigenvalue weighted by Crippen LogP contribution is 2.47. The molecule has 1 aromatic heterocycles. The molecule has 1 saturated heterocycles. The van der Waals surface area contributed by atoms with E-state index >= 15 is 0 Å². The molecule has 10 nitrogen and oxygen atoms in total. The number of rotatable bonds is 7. The van der Waals surface area contributed by atoms with Gasteiger partial charge < -0.3 is 29.0 Å².